The number of para-hydroxylation sites is 2. The molecule has 2 saturated heterocycles. The van der Waals surface area contributed by atoms with Gasteiger partial charge in [0.15, 0.2) is 6.29 Å². The molecule has 0 saturated carbocycles. The van der Waals surface area contributed by atoms with Crippen LogP contribution in [0.15, 0.2) is 72.8 Å². The number of likely N-dealkylation sites (tertiary alicyclic amines) is 1. The van der Waals surface area contributed by atoms with Gasteiger partial charge in [-0.05, 0) is 61.1 Å². The summed E-state index contributed by atoms with van der Waals surface area (Å²) in [6.45, 7) is 2.23. The fourth-order valence-electron chi connectivity index (χ4n) is 6.11. The van der Waals surface area contributed by atoms with Crippen molar-refractivity contribution < 1.29 is 29.3 Å². The first-order valence-corrected chi connectivity index (χ1v) is 16.3. The van der Waals surface area contributed by atoms with Gasteiger partial charge in [-0.3, -0.25) is 14.5 Å². The molecule has 2 amide bonds. The molecule has 0 unspecified atom stereocenters. The van der Waals surface area contributed by atoms with Gasteiger partial charge in [0, 0.05) is 44.0 Å². The van der Waals surface area contributed by atoms with E-state index in [-0.39, 0.29) is 43.3 Å². The number of hydrogen-bond donors (Lipinski definition) is 5. The quantitative estimate of drug-likeness (QED) is 0.129. The van der Waals surface area contributed by atoms with Crippen molar-refractivity contribution in [3.63, 3.8) is 0 Å². The lowest BCUT2D eigenvalue weighted by Crippen LogP contribution is -2.42. The highest BCUT2D eigenvalue weighted by molar-refractivity contribution is 5.93. The zero-order valence-electron chi connectivity index (χ0n) is 26.3. The summed E-state index contributed by atoms with van der Waals surface area (Å²) in [5.41, 5.74) is 10.7. The molecular weight excluding hydrogens is 584 g/mol. The van der Waals surface area contributed by atoms with E-state index in [1.54, 1.807) is 12.1 Å². The maximum absolute atomic E-state index is 12.4. The summed E-state index contributed by atoms with van der Waals surface area (Å²) in [6, 6.07) is 23.0. The van der Waals surface area contributed by atoms with E-state index < -0.39 is 6.29 Å². The minimum absolute atomic E-state index is 0.00531. The van der Waals surface area contributed by atoms with Gasteiger partial charge in [-0.1, -0.05) is 60.7 Å². The van der Waals surface area contributed by atoms with Crippen LogP contribution >= 0.6 is 0 Å². The number of ether oxygens (including phenoxy) is 2. The highest BCUT2D eigenvalue weighted by Crippen LogP contribution is 2.38. The first-order chi connectivity index (χ1) is 22.4. The van der Waals surface area contributed by atoms with Crippen molar-refractivity contribution >= 4 is 23.2 Å². The predicted molar refractivity (Wildman–Crippen MR) is 176 cm³/mol. The first-order valence-electron chi connectivity index (χ1n) is 16.3. The number of nitrogens with one attached hydrogen (secondary N) is 2. The van der Waals surface area contributed by atoms with Gasteiger partial charge in [0.25, 0.3) is 0 Å². The Morgan fingerprint density at radius 3 is 2.28 bits per heavy atom. The summed E-state index contributed by atoms with van der Waals surface area (Å²) in [6.07, 6.45) is 3.84. The van der Waals surface area contributed by atoms with Crippen LogP contribution in [0.25, 0.3) is 0 Å². The number of benzene rings is 3. The van der Waals surface area contributed by atoms with Crippen molar-refractivity contribution in [2.24, 2.45) is 0 Å². The number of amides is 2. The Labute approximate surface area is 270 Å². The van der Waals surface area contributed by atoms with Crippen molar-refractivity contribution in [1.29, 1.82) is 0 Å². The third-order valence-electron chi connectivity index (χ3n) is 8.80. The van der Waals surface area contributed by atoms with Gasteiger partial charge in [0.2, 0.25) is 11.8 Å². The van der Waals surface area contributed by atoms with Crippen molar-refractivity contribution in [1.82, 2.24) is 10.2 Å². The van der Waals surface area contributed by atoms with Crippen LogP contribution in [0.5, 0.6) is 0 Å². The van der Waals surface area contributed by atoms with E-state index in [2.05, 4.69) is 15.5 Å². The van der Waals surface area contributed by atoms with Crippen LogP contribution in [0.2, 0.25) is 0 Å². The summed E-state index contributed by atoms with van der Waals surface area (Å²) in [5, 5.41) is 25.1. The molecule has 3 aromatic carbocycles. The van der Waals surface area contributed by atoms with Crippen LogP contribution in [0, 0.1) is 0 Å². The molecule has 246 valence electrons. The minimum atomic E-state index is -0.560. The molecule has 0 bridgehead atoms. The van der Waals surface area contributed by atoms with Gasteiger partial charge in [0.1, 0.15) is 0 Å². The summed E-state index contributed by atoms with van der Waals surface area (Å²) in [5.74, 6) is -0.177. The fraction of sp³-hybridized carbons (Fsp3) is 0.444. The van der Waals surface area contributed by atoms with E-state index in [4.69, 9.17) is 15.2 Å². The topological polar surface area (TPSA) is 146 Å². The number of carbonyl (C=O) groups is 2. The zero-order chi connectivity index (χ0) is 32.3. The third-order valence-corrected chi connectivity index (χ3v) is 8.80. The molecule has 0 spiro atoms. The number of rotatable bonds is 14. The second kappa shape index (κ2) is 16.7. The predicted octanol–water partition coefficient (Wildman–Crippen LogP) is 4.58. The van der Waals surface area contributed by atoms with Gasteiger partial charge in [0.05, 0.1) is 36.8 Å². The number of carbonyl (C=O) groups excluding carboxylic acids is 2. The largest absolute Gasteiger partial charge is 0.397 e. The monoisotopic (exact) mass is 630 g/mol. The minimum Gasteiger partial charge on any atom is -0.397 e. The Morgan fingerprint density at radius 1 is 0.870 bits per heavy atom. The fourth-order valence-corrected chi connectivity index (χ4v) is 6.11. The number of anilines is 2. The molecule has 6 N–H and O–H groups in total. The molecule has 2 fully saturated rings. The smallest absolute Gasteiger partial charge is 0.224 e. The molecule has 2 aliphatic rings. The lowest BCUT2D eigenvalue weighted by Gasteiger charge is -2.38. The van der Waals surface area contributed by atoms with Crippen LogP contribution in [0.3, 0.4) is 0 Å². The highest BCUT2D eigenvalue weighted by Gasteiger charge is 2.35. The molecule has 2 heterocycles. The number of aliphatic hydroxyl groups excluding tert-OH is 2. The van der Waals surface area contributed by atoms with E-state index in [0.29, 0.717) is 50.0 Å². The number of nitrogens with zero attached hydrogens (tertiary/aromatic N) is 1. The van der Waals surface area contributed by atoms with E-state index in [1.165, 1.54) is 0 Å². The SMILES string of the molecule is Nc1ccccc1NC(=O)CCCCC(=O)NCc1ccc([C@H]2O[C@@H](CN3CCC[C@H]3CO)C[C@@H](c3ccc(CO)cc3)O2)cc1. The van der Waals surface area contributed by atoms with Crippen LogP contribution in [0.1, 0.15) is 79.6 Å². The molecule has 3 aromatic rings. The summed E-state index contributed by atoms with van der Waals surface area (Å²) >= 11 is 0. The van der Waals surface area contributed by atoms with Crippen molar-refractivity contribution in [2.75, 3.05) is 30.7 Å². The molecule has 0 aliphatic carbocycles. The number of nitrogens with two attached hydrogens (primary N) is 1. The Morgan fingerprint density at radius 2 is 1.57 bits per heavy atom. The van der Waals surface area contributed by atoms with Crippen molar-refractivity contribution in [2.45, 2.75) is 82.6 Å². The molecule has 10 nitrogen and oxygen atoms in total. The molecule has 46 heavy (non-hydrogen) atoms. The average Bonchev–Trinajstić information content (AvgIpc) is 3.54. The lowest BCUT2D eigenvalue weighted by atomic mass is 9.99. The Kier molecular flexibility index (Phi) is 12.2. The average molecular weight is 631 g/mol. The van der Waals surface area contributed by atoms with Crippen molar-refractivity contribution in [3.05, 3.63) is 95.1 Å². The van der Waals surface area contributed by atoms with E-state index in [0.717, 1.165) is 48.2 Å². The molecular formula is C36H46N4O6. The Bertz CT molecular complexity index is 1420. The Hall–Kier alpha value is -3.80. The van der Waals surface area contributed by atoms with Crippen molar-refractivity contribution in [3.8, 4) is 0 Å². The number of hydrogen-bond acceptors (Lipinski definition) is 8. The number of unbranched alkanes of at least 4 members (excludes halogenated alkanes) is 1. The van der Waals surface area contributed by atoms with Crippen LogP contribution in [-0.4, -0.2) is 58.8 Å². The highest BCUT2D eigenvalue weighted by atomic mass is 16.7. The van der Waals surface area contributed by atoms with Gasteiger partial charge < -0.3 is 36.1 Å². The molecule has 0 aromatic heterocycles. The number of aliphatic hydroxyl groups is 2. The van der Waals surface area contributed by atoms with Gasteiger partial charge in [-0.15, -0.1) is 0 Å². The zero-order valence-corrected chi connectivity index (χ0v) is 26.3. The maximum atomic E-state index is 12.4. The first kappa shape index (κ1) is 33.6. The Balaban J connectivity index is 1.11. The second-order valence-corrected chi connectivity index (χ2v) is 12.2. The van der Waals surface area contributed by atoms with Gasteiger partial charge in [-0.2, -0.15) is 0 Å². The summed E-state index contributed by atoms with van der Waals surface area (Å²) in [4.78, 5) is 27.0. The summed E-state index contributed by atoms with van der Waals surface area (Å²) in [7, 11) is 0. The summed E-state index contributed by atoms with van der Waals surface area (Å²) < 4.78 is 13.0. The molecule has 10 heteroatoms. The standard InChI is InChI=1S/C36H46N4O6/c37-31-7-1-2-8-32(31)39-35(44)10-4-3-9-34(43)38-21-25-11-17-28(18-12-25)36-45-30(22-40-19-5-6-29(40)24-42)20-33(46-36)27-15-13-26(23-41)14-16-27/h1-2,7-8,11-18,29-30,33,36,41-42H,3-6,9-10,19-24,37H2,(H,38,43)(H,39,44)/t29-,30+,33-,36-/m0/s1. The molecule has 0 radical (unpaired) electrons. The third kappa shape index (κ3) is 9.37. The number of nitrogen functional groups attached to an aromatic ring is 1. The van der Waals surface area contributed by atoms with Crippen LogP contribution in [0.4, 0.5) is 11.4 Å². The van der Waals surface area contributed by atoms with E-state index in [1.807, 2.05) is 60.7 Å². The second-order valence-electron chi connectivity index (χ2n) is 12.2. The van der Waals surface area contributed by atoms with E-state index in [9.17, 15) is 19.8 Å². The van der Waals surface area contributed by atoms with Crippen LogP contribution in [-0.2, 0) is 32.2 Å². The molecule has 2 aliphatic heterocycles. The van der Waals surface area contributed by atoms with E-state index >= 15 is 0 Å². The molecule has 5 rings (SSSR count). The molecule has 4 atom stereocenters. The normalized spacial score (nSPS) is 21.6. The van der Waals surface area contributed by atoms with Crippen LogP contribution < -0.4 is 16.4 Å². The van der Waals surface area contributed by atoms with Gasteiger partial charge in [-0.25, -0.2) is 0 Å². The maximum Gasteiger partial charge on any atom is 0.224 e. The van der Waals surface area contributed by atoms with Gasteiger partial charge >= 0.3 is 0 Å². The lowest BCUT2D eigenvalue weighted by molar-refractivity contribution is -0.253.